The lowest BCUT2D eigenvalue weighted by Crippen LogP contribution is -2.36. The van der Waals surface area contributed by atoms with Gasteiger partial charge < -0.3 is 9.64 Å². The van der Waals surface area contributed by atoms with Crippen LogP contribution in [0.1, 0.15) is 6.92 Å². The van der Waals surface area contributed by atoms with E-state index < -0.39 is 0 Å². The number of morpholine rings is 1. The molecule has 16 heavy (non-hydrogen) atoms. The average molecular weight is 222 g/mol. The highest BCUT2D eigenvalue weighted by molar-refractivity contribution is 5.54. The predicted octanol–water partition coefficient (Wildman–Crippen LogP) is 1.89. The van der Waals surface area contributed by atoms with Crippen LogP contribution in [0.3, 0.4) is 0 Å². The van der Waals surface area contributed by atoms with Gasteiger partial charge in [-0.2, -0.15) is 0 Å². The highest BCUT2D eigenvalue weighted by Crippen LogP contribution is 2.18. The molecule has 0 radical (unpaired) electrons. The molecular formula is C12H18N2O2. The van der Waals surface area contributed by atoms with Gasteiger partial charge in [-0.25, -0.2) is 0 Å². The SMILES string of the molecule is CCONc1ccc(N2CCOCC2)cc1. The lowest BCUT2D eigenvalue weighted by Gasteiger charge is -2.28. The fraction of sp³-hybridized carbons (Fsp3) is 0.500. The molecule has 0 aromatic heterocycles. The lowest BCUT2D eigenvalue weighted by atomic mass is 10.2. The summed E-state index contributed by atoms with van der Waals surface area (Å²) in [4.78, 5) is 7.45. The summed E-state index contributed by atoms with van der Waals surface area (Å²) in [6.07, 6.45) is 0. The van der Waals surface area contributed by atoms with Crippen LogP contribution >= 0.6 is 0 Å². The molecule has 0 bridgehead atoms. The molecule has 1 aromatic rings. The Morgan fingerprint density at radius 3 is 2.56 bits per heavy atom. The lowest BCUT2D eigenvalue weighted by molar-refractivity contribution is 0.122. The molecule has 0 atom stereocenters. The quantitative estimate of drug-likeness (QED) is 0.789. The van der Waals surface area contributed by atoms with Gasteiger partial charge in [0.2, 0.25) is 0 Å². The number of nitrogens with zero attached hydrogens (tertiary/aromatic N) is 1. The van der Waals surface area contributed by atoms with Gasteiger partial charge in [0.05, 0.1) is 25.5 Å². The van der Waals surface area contributed by atoms with Gasteiger partial charge in [0, 0.05) is 18.8 Å². The van der Waals surface area contributed by atoms with Crippen LogP contribution in [0.25, 0.3) is 0 Å². The zero-order valence-electron chi connectivity index (χ0n) is 9.61. The van der Waals surface area contributed by atoms with Crippen LogP contribution in [0, 0.1) is 0 Å². The van der Waals surface area contributed by atoms with E-state index in [9.17, 15) is 0 Å². The molecule has 1 aliphatic rings. The average Bonchev–Trinajstić information content (AvgIpc) is 2.38. The second-order valence-corrected chi connectivity index (χ2v) is 3.68. The molecule has 2 rings (SSSR count). The minimum atomic E-state index is 0.658. The fourth-order valence-corrected chi connectivity index (χ4v) is 1.72. The van der Waals surface area contributed by atoms with E-state index in [1.54, 1.807) is 0 Å². The topological polar surface area (TPSA) is 33.7 Å². The van der Waals surface area contributed by atoms with Crippen LogP contribution in [0.5, 0.6) is 0 Å². The largest absolute Gasteiger partial charge is 0.378 e. The molecule has 0 amide bonds. The molecule has 1 fully saturated rings. The summed E-state index contributed by atoms with van der Waals surface area (Å²) in [7, 11) is 0. The maximum Gasteiger partial charge on any atom is 0.0717 e. The number of ether oxygens (including phenoxy) is 1. The Bertz CT molecular complexity index is 307. The number of nitrogens with one attached hydrogen (secondary N) is 1. The van der Waals surface area contributed by atoms with E-state index >= 15 is 0 Å². The van der Waals surface area contributed by atoms with E-state index in [0.29, 0.717) is 6.61 Å². The van der Waals surface area contributed by atoms with Gasteiger partial charge in [-0.3, -0.25) is 10.3 Å². The standard InChI is InChI=1S/C12H18N2O2/c1-2-16-13-11-3-5-12(6-4-11)14-7-9-15-10-8-14/h3-6,13H,2,7-10H2,1H3. The third-order valence-corrected chi connectivity index (χ3v) is 2.58. The zero-order valence-corrected chi connectivity index (χ0v) is 9.61. The summed E-state index contributed by atoms with van der Waals surface area (Å²) >= 11 is 0. The third kappa shape index (κ3) is 2.87. The van der Waals surface area contributed by atoms with Crippen LogP contribution in [-0.4, -0.2) is 32.9 Å². The molecule has 1 aromatic carbocycles. The van der Waals surface area contributed by atoms with E-state index in [1.165, 1.54) is 5.69 Å². The van der Waals surface area contributed by atoms with Crippen molar-refractivity contribution in [1.29, 1.82) is 0 Å². The molecule has 0 aliphatic carbocycles. The molecule has 4 heteroatoms. The van der Waals surface area contributed by atoms with Crippen LogP contribution in [0.4, 0.5) is 11.4 Å². The van der Waals surface area contributed by atoms with Crippen molar-refractivity contribution in [2.45, 2.75) is 6.92 Å². The highest BCUT2D eigenvalue weighted by atomic mass is 16.6. The van der Waals surface area contributed by atoms with Crippen LogP contribution < -0.4 is 10.4 Å². The molecular weight excluding hydrogens is 204 g/mol. The molecule has 0 unspecified atom stereocenters. The van der Waals surface area contributed by atoms with Crippen LogP contribution in [0.2, 0.25) is 0 Å². The normalized spacial score (nSPS) is 16.2. The Balaban J connectivity index is 1.95. The Morgan fingerprint density at radius 1 is 1.25 bits per heavy atom. The smallest absolute Gasteiger partial charge is 0.0717 e. The van der Waals surface area contributed by atoms with Crippen molar-refractivity contribution in [3.8, 4) is 0 Å². The molecule has 1 N–H and O–H groups in total. The van der Waals surface area contributed by atoms with E-state index in [4.69, 9.17) is 9.57 Å². The van der Waals surface area contributed by atoms with E-state index in [2.05, 4.69) is 22.5 Å². The summed E-state index contributed by atoms with van der Waals surface area (Å²) in [5.74, 6) is 0. The first-order valence-electron chi connectivity index (χ1n) is 5.70. The molecule has 1 aliphatic heterocycles. The second-order valence-electron chi connectivity index (χ2n) is 3.68. The van der Waals surface area contributed by atoms with E-state index in [0.717, 1.165) is 32.0 Å². The number of anilines is 2. The maximum absolute atomic E-state index is 5.32. The van der Waals surface area contributed by atoms with Gasteiger partial charge in [-0.1, -0.05) is 0 Å². The van der Waals surface area contributed by atoms with Crippen LogP contribution in [0.15, 0.2) is 24.3 Å². The molecule has 1 saturated heterocycles. The molecule has 0 saturated carbocycles. The van der Waals surface area contributed by atoms with Crippen molar-refractivity contribution < 1.29 is 9.57 Å². The van der Waals surface area contributed by atoms with Gasteiger partial charge in [0.15, 0.2) is 0 Å². The van der Waals surface area contributed by atoms with Crippen LogP contribution in [-0.2, 0) is 9.57 Å². The fourth-order valence-electron chi connectivity index (χ4n) is 1.72. The predicted molar refractivity (Wildman–Crippen MR) is 64.7 cm³/mol. The minimum absolute atomic E-state index is 0.658. The van der Waals surface area contributed by atoms with Gasteiger partial charge in [0.1, 0.15) is 0 Å². The van der Waals surface area contributed by atoms with E-state index in [-0.39, 0.29) is 0 Å². The van der Waals surface area contributed by atoms with Crippen molar-refractivity contribution in [2.75, 3.05) is 43.3 Å². The van der Waals surface area contributed by atoms with Crippen molar-refractivity contribution in [2.24, 2.45) is 0 Å². The first-order chi connectivity index (χ1) is 7.90. The first kappa shape index (κ1) is 11.2. The number of hydrogen-bond acceptors (Lipinski definition) is 4. The van der Waals surface area contributed by atoms with Crippen molar-refractivity contribution in [3.63, 3.8) is 0 Å². The molecule has 1 heterocycles. The minimum Gasteiger partial charge on any atom is -0.378 e. The summed E-state index contributed by atoms with van der Waals surface area (Å²) in [6.45, 7) is 6.19. The first-order valence-corrected chi connectivity index (χ1v) is 5.70. The second kappa shape index (κ2) is 5.72. The van der Waals surface area contributed by atoms with Crippen molar-refractivity contribution >= 4 is 11.4 Å². The molecule has 4 nitrogen and oxygen atoms in total. The van der Waals surface area contributed by atoms with E-state index in [1.807, 2.05) is 19.1 Å². The van der Waals surface area contributed by atoms with Gasteiger partial charge in [-0.15, -0.1) is 0 Å². The monoisotopic (exact) mass is 222 g/mol. The van der Waals surface area contributed by atoms with Gasteiger partial charge in [-0.05, 0) is 31.2 Å². The summed E-state index contributed by atoms with van der Waals surface area (Å²) in [5.41, 5.74) is 5.11. The molecule has 0 spiro atoms. The molecule has 88 valence electrons. The highest BCUT2D eigenvalue weighted by Gasteiger charge is 2.10. The Hall–Kier alpha value is -1.26. The Kier molecular flexibility index (Phi) is 4.02. The summed E-state index contributed by atoms with van der Waals surface area (Å²) in [6, 6.07) is 8.26. The van der Waals surface area contributed by atoms with Crippen molar-refractivity contribution in [1.82, 2.24) is 0 Å². The maximum atomic E-state index is 5.32. The van der Waals surface area contributed by atoms with Gasteiger partial charge in [0.25, 0.3) is 0 Å². The summed E-state index contributed by atoms with van der Waals surface area (Å²) in [5, 5.41) is 0. The number of hydrogen-bond donors (Lipinski definition) is 1. The Morgan fingerprint density at radius 2 is 1.94 bits per heavy atom. The number of benzene rings is 1. The summed E-state index contributed by atoms with van der Waals surface area (Å²) < 4.78 is 5.32. The zero-order chi connectivity index (χ0) is 11.2. The number of rotatable bonds is 4. The third-order valence-electron chi connectivity index (χ3n) is 2.58. The van der Waals surface area contributed by atoms with Gasteiger partial charge >= 0.3 is 0 Å². The van der Waals surface area contributed by atoms with Crippen molar-refractivity contribution in [3.05, 3.63) is 24.3 Å². The Labute approximate surface area is 96.1 Å².